The van der Waals surface area contributed by atoms with E-state index in [2.05, 4.69) is 16.0 Å². The second-order valence-corrected chi connectivity index (χ2v) is 7.82. The van der Waals surface area contributed by atoms with Crippen molar-refractivity contribution in [2.75, 3.05) is 18.4 Å². The van der Waals surface area contributed by atoms with Gasteiger partial charge in [-0.1, -0.05) is 66.2 Å². The van der Waals surface area contributed by atoms with Crippen LogP contribution in [0.1, 0.15) is 27.0 Å². The molecule has 4 N–H and O–H groups in total. The smallest absolute Gasteiger partial charge is 0.323 e. The Hall–Kier alpha value is -4.10. The molecule has 0 fully saturated rings. The minimum atomic E-state index is -1.11. The van der Waals surface area contributed by atoms with Gasteiger partial charge >= 0.3 is 12.0 Å². The summed E-state index contributed by atoms with van der Waals surface area (Å²) in [5, 5.41) is 17.0. The van der Waals surface area contributed by atoms with Crippen LogP contribution < -0.4 is 16.0 Å². The number of urea groups is 1. The fourth-order valence-electron chi connectivity index (χ4n) is 3.22. The first kappa shape index (κ1) is 24.5. The molecule has 0 unspecified atom stereocenters. The molecule has 8 heteroatoms. The second-order valence-electron chi connectivity index (χ2n) is 7.41. The van der Waals surface area contributed by atoms with Gasteiger partial charge in [0, 0.05) is 29.0 Å². The number of hydrogen-bond acceptors (Lipinski definition) is 4. The maximum absolute atomic E-state index is 12.9. The molecule has 0 heterocycles. The minimum Gasteiger partial charge on any atom is -0.480 e. The van der Waals surface area contributed by atoms with E-state index < -0.39 is 18.5 Å². The van der Waals surface area contributed by atoms with Gasteiger partial charge in [0.1, 0.15) is 6.54 Å². The Bertz CT molecular complexity index is 1240. The Balaban J connectivity index is 1.68. The van der Waals surface area contributed by atoms with E-state index in [0.717, 1.165) is 22.5 Å². The number of carboxylic acid groups (broad SMARTS) is 1. The third-order valence-corrected chi connectivity index (χ3v) is 5.23. The fraction of sp³-hybridized carbons (Fsp3) is 0.115. The second kappa shape index (κ2) is 11.7. The maximum Gasteiger partial charge on any atom is 0.323 e. The number of aliphatic carboxylic acids is 1. The van der Waals surface area contributed by atoms with Gasteiger partial charge in [-0.3, -0.25) is 9.59 Å². The number of carboxylic acids is 1. The Morgan fingerprint density at radius 2 is 1.68 bits per heavy atom. The van der Waals surface area contributed by atoms with Crippen molar-refractivity contribution in [2.45, 2.75) is 6.92 Å². The summed E-state index contributed by atoms with van der Waals surface area (Å²) in [6.45, 7) is 1.67. The molecule has 0 spiro atoms. The van der Waals surface area contributed by atoms with Gasteiger partial charge in [-0.2, -0.15) is 0 Å². The molecule has 0 radical (unpaired) electrons. The van der Waals surface area contributed by atoms with Crippen molar-refractivity contribution in [3.05, 3.63) is 100 Å². The van der Waals surface area contributed by atoms with E-state index in [4.69, 9.17) is 16.7 Å². The summed E-state index contributed by atoms with van der Waals surface area (Å²) >= 11 is 6.45. The Labute approximate surface area is 202 Å². The van der Waals surface area contributed by atoms with Crippen molar-refractivity contribution >= 4 is 46.8 Å². The minimum absolute atomic E-state index is 0.127. The first-order valence-corrected chi connectivity index (χ1v) is 10.9. The van der Waals surface area contributed by atoms with Crippen molar-refractivity contribution in [1.29, 1.82) is 0 Å². The Morgan fingerprint density at radius 3 is 2.41 bits per heavy atom. The highest BCUT2D eigenvalue weighted by Gasteiger charge is 2.15. The standard InChI is InChI=1S/C26H24ClN3O4/c1-17-7-2-4-10-20(17)25(33)21-13-12-19(15-22(21)27)30-23-11-5-3-8-18(23)9-6-14-28-26(34)29-16-24(31)32/h2-13,15,30H,14,16H2,1H3,(H,31,32)(H2,28,29,34). The summed E-state index contributed by atoms with van der Waals surface area (Å²) in [6, 6.07) is 19.6. The van der Waals surface area contributed by atoms with Crippen LogP contribution in [-0.2, 0) is 4.79 Å². The molecule has 0 saturated carbocycles. The summed E-state index contributed by atoms with van der Waals surface area (Å²) in [5.74, 6) is -1.24. The third-order valence-electron chi connectivity index (χ3n) is 4.92. The first-order chi connectivity index (χ1) is 16.3. The number of para-hydroxylation sites is 1. The van der Waals surface area contributed by atoms with Gasteiger partial charge in [-0.05, 0) is 42.3 Å². The van der Waals surface area contributed by atoms with Gasteiger partial charge in [-0.15, -0.1) is 0 Å². The van der Waals surface area contributed by atoms with E-state index in [1.165, 1.54) is 0 Å². The predicted octanol–water partition coefficient (Wildman–Crippen LogP) is 5.02. The highest BCUT2D eigenvalue weighted by molar-refractivity contribution is 6.35. The number of anilines is 2. The van der Waals surface area contributed by atoms with Crippen LogP contribution in [0.3, 0.4) is 0 Å². The average Bonchev–Trinajstić information content (AvgIpc) is 2.81. The van der Waals surface area contributed by atoms with Gasteiger partial charge in [0.25, 0.3) is 0 Å². The molecular weight excluding hydrogens is 454 g/mol. The van der Waals surface area contributed by atoms with Crippen LogP contribution >= 0.6 is 11.6 Å². The molecule has 0 saturated heterocycles. The average molecular weight is 478 g/mol. The Morgan fingerprint density at radius 1 is 0.941 bits per heavy atom. The van der Waals surface area contributed by atoms with E-state index >= 15 is 0 Å². The van der Waals surface area contributed by atoms with Crippen LogP contribution in [0.25, 0.3) is 6.08 Å². The molecule has 7 nitrogen and oxygen atoms in total. The lowest BCUT2D eigenvalue weighted by atomic mass is 9.99. The first-order valence-electron chi connectivity index (χ1n) is 10.5. The number of carbonyl (C=O) groups is 3. The molecule has 34 heavy (non-hydrogen) atoms. The largest absolute Gasteiger partial charge is 0.480 e. The molecule has 0 aliphatic carbocycles. The van der Waals surface area contributed by atoms with Crippen molar-refractivity contribution in [1.82, 2.24) is 10.6 Å². The summed E-state index contributed by atoms with van der Waals surface area (Å²) < 4.78 is 0. The number of halogens is 1. The maximum atomic E-state index is 12.9. The molecule has 0 aliphatic rings. The summed E-state index contributed by atoms with van der Waals surface area (Å²) in [6.07, 6.45) is 3.58. The molecule has 0 aliphatic heterocycles. The molecule has 0 atom stereocenters. The third kappa shape index (κ3) is 6.70. The van der Waals surface area contributed by atoms with Gasteiger partial charge < -0.3 is 21.1 Å². The number of benzene rings is 3. The zero-order valence-corrected chi connectivity index (χ0v) is 19.2. The van der Waals surface area contributed by atoms with Crippen molar-refractivity contribution in [3.63, 3.8) is 0 Å². The lowest BCUT2D eigenvalue weighted by molar-refractivity contribution is -0.135. The molecule has 2 amide bonds. The lowest BCUT2D eigenvalue weighted by Crippen LogP contribution is -2.38. The molecule has 0 bridgehead atoms. The van der Waals surface area contributed by atoms with Crippen LogP contribution in [0.4, 0.5) is 16.2 Å². The zero-order valence-electron chi connectivity index (χ0n) is 18.5. The molecule has 3 rings (SSSR count). The molecule has 3 aromatic rings. The van der Waals surface area contributed by atoms with Gasteiger partial charge in [0.15, 0.2) is 5.78 Å². The van der Waals surface area contributed by atoms with Gasteiger partial charge in [-0.25, -0.2) is 4.79 Å². The summed E-state index contributed by atoms with van der Waals surface area (Å²) in [5.41, 5.74) is 4.33. The lowest BCUT2D eigenvalue weighted by Gasteiger charge is -2.12. The van der Waals surface area contributed by atoms with E-state index in [1.54, 1.807) is 30.3 Å². The molecule has 3 aromatic carbocycles. The topological polar surface area (TPSA) is 108 Å². The quantitative estimate of drug-likeness (QED) is 0.324. The van der Waals surface area contributed by atoms with Crippen molar-refractivity contribution < 1.29 is 19.5 Å². The number of hydrogen-bond donors (Lipinski definition) is 4. The van der Waals surface area contributed by atoms with E-state index in [0.29, 0.717) is 16.1 Å². The fourth-order valence-corrected chi connectivity index (χ4v) is 3.48. The molecular formula is C26H24ClN3O4. The van der Waals surface area contributed by atoms with E-state index in [-0.39, 0.29) is 12.3 Å². The van der Waals surface area contributed by atoms with Crippen molar-refractivity contribution in [3.8, 4) is 0 Å². The number of amides is 2. The van der Waals surface area contributed by atoms with Crippen LogP contribution in [-0.4, -0.2) is 36.0 Å². The number of rotatable bonds is 9. The van der Waals surface area contributed by atoms with Crippen LogP contribution in [0, 0.1) is 6.92 Å². The van der Waals surface area contributed by atoms with Crippen LogP contribution in [0.15, 0.2) is 72.8 Å². The zero-order chi connectivity index (χ0) is 24.5. The highest BCUT2D eigenvalue weighted by Crippen LogP contribution is 2.28. The number of ketones is 1. The van der Waals surface area contributed by atoms with Crippen molar-refractivity contribution in [2.24, 2.45) is 0 Å². The molecule has 0 aromatic heterocycles. The van der Waals surface area contributed by atoms with E-state index in [9.17, 15) is 14.4 Å². The van der Waals surface area contributed by atoms with Crippen LogP contribution in [0.5, 0.6) is 0 Å². The van der Waals surface area contributed by atoms with Gasteiger partial charge in [0.2, 0.25) is 0 Å². The number of aryl methyl sites for hydroxylation is 1. The SMILES string of the molecule is Cc1ccccc1C(=O)c1ccc(Nc2ccccc2C=CCNC(=O)NCC(=O)O)cc1Cl. The number of nitrogens with one attached hydrogen (secondary N) is 3. The number of carbonyl (C=O) groups excluding carboxylic acids is 2. The summed E-state index contributed by atoms with van der Waals surface area (Å²) in [4.78, 5) is 34.9. The van der Waals surface area contributed by atoms with E-state index in [1.807, 2.05) is 55.5 Å². The summed E-state index contributed by atoms with van der Waals surface area (Å²) in [7, 11) is 0. The normalized spacial score (nSPS) is 10.6. The predicted molar refractivity (Wildman–Crippen MR) is 134 cm³/mol. The van der Waals surface area contributed by atoms with Crippen LogP contribution in [0.2, 0.25) is 5.02 Å². The monoisotopic (exact) mass is 477 g/mol. The highest BCUT2D eigenvalue weighted by atomic mass is 35.5. The molecule has 174 valence electrons. The Kier molecular flexibility index (Phi) is 8.43. The van der Waals surface area contributed by atoms with Gasteiger partial charge in [0.05, 0.1) is 5.02 Å².